The molecule has 1 N–H and O–H groups in total. The first-order valence-electron chi connectivity index (χ1n) is 9.26. The number of nitrogens with one attached hydrogen (secondary N) is 1. The molecule has 0 spiro atoms. The lowest BCUT2D eigenvalue weighted by atomic mass is 9.75. The Hall–Kier alpha value is -2.02. The third kappa shape index (κ3) is 4.98. The van der Waals surface area contributed by atoms with Crippen molar-refractivity contribution in [1.29, 1.82) is 5.26 Å². The van der Waals surface area contributed by atoms with Crippen LogP contribution in [0, 0.1) is 22.7 Å². The number of nitriles is 1. The maximum absolute atomic E-state index is 12.9. The summed E-state index contributed by atoms with van der Waals surface area (Å²) in [4.78, 5) is 15.0. The lowest BCUT2D eigenvalue weighted by Crippen LogP contribution is -2.49. The van der Waals surface area contributed by atoms with Crippen LogP contribution in [0.25, 0.3) is 0 Å². The van der Waals surface area contributed by atoms with Gasteiger partial charge in [0.05, 0.1) is 6.07 Å². The molecule has 136 valence electrons. The maximum Gasteiger partial charge on any atom is 0.248 e. The molecule has 0 atom stereocenters. The summed E-state index contributed by atoms with van der Waals surface area (Å²) in [7, 11) is 0. The topological polar surface area (TPSA) is 56.1 Å². The summed E-state index contributed by atoms with van der Waals surface area (Å²) in [5.41, 5.74) is 1.09. The smallest absolute Gasteiger partial charge is 0.248 e. The van der Waals surface area contributed by atoms with Gasteiger partial charge in [-0.05, 0) is 49.1 Å². The van der Waals surface area contributed by atoms with E-state index in [1.165, 1.54) is 6.92 Å². The highest BCUT2D eigenvalue weighted by molar-refractivity contribution is 5.92. The second-order valence-electron chi connectivity index (χ2n) is 8.23. The Labute approximate surface area is 152 Å². The number of piperidine rings is 1. The van der Waals surface area contributed by atoms with Gasteiger partial charge in [0.25, 0.3) is 0 Å². The van der Waals surface area contributed by atoms with Gasteiger partial charge in [0.1, 0.15) is 5.54 Å². The average Bonchev–Trinajstić information content (AvgIpc) is 3.36. The van der Waals surface area contributed by atoms with Crippen LogP contribution in [0.3, 0.4) is 0 Å². The zero-order chi connectivity index (χ0) is 18.5. The molecule has 1 heterocycles. The molecule has 1 saturated heterocycles. The summed E-state index contributed by atoms with van der Waals surface area (Å²) in [6, 6.07) is 11.9. The first-order valence-corrected chi connectivity index (χ1v) is 9.26. The van der Waals surface area contributed by atoms with Gasteiger partial charge in [-0.1, -0.05) is 39.0 Å². The van der Waals surface area contributed by atoms with Gasteiger partial charge in [-0.3, -0.25) is 4.79 Å². The summed E-state index contributed by atoms with van der Waals surface area (Å²) >= 11 is 0. The van der Waals surface area contributed by atoms with Crippen molar-refractivity contribution in [2.24, 2.45) is 11.3 Å². The summed E-state index contributed by atoms with van der Waals surface area (Å²) < 4.78 is 0. The monoisotopic (exact) mass is 341 g/mol. The zero-order valence-electron chi connectivity index (χ0n) is 16.0. The van der Waals surface area contributed by atoms with E-state index in [0.29, 0.717) is 11.3 Å². The predicted molar refractivity (Wildman–Crippen MR) is 102 cm³/mol. The number of para-hydroxylation sites is 1. The van der Waals surface area contributed by atoms with Crippen LogP contribution >= 0.6 is 0 Å². The molecule has 0 bridgehead atoms. The maximum atomic E-state index is 12.9. The Morgan fingerprint density at radius 3 is 2.16 bits per heavy atom. The molecule has 2 aliphatic rings. The van der Waals surface area contributed by atoms with E-state index in [9.17, 15) is 4.79 Å². The van der Waals surface area contributed by atoms with Crippen molar-refractivity contribution in [2.75, 3.05) is 18.4 Å². The van der Waals surface area contributed by atoms with Crippen molar-refractivity contribution in [2.45, 2.75) is 58.9 Å². The molecular formula is C21H31N3O. The van der Waals surface area contributed by atoms with Crippen LogP contribution in [0.4, 0.5) is 5.69 Å². The Bertz CT molecular complexity index is 600. The van der Waals surface area contributed by atoms with E-state index in [1.807, 2.05) is 30.3 Å². The van der Waals surface area contributed by atoms with Gasteiger partial charge in [-0.25, -0.2) is 0 Å². The van der Waals surface area contributed by atoms with Crippen molar-refractivity contribution in [3.63, 3.8) is 0 Å². The van der Waals surface area contributed by atoms with Gasteiger partial charge in [0.2, 0.25) is 5.91 Å². The van der Waals surface area contributed by atoms with E-state index in [4.69, 9.17) is 5.26 Å². The molecule has 25 heavy (non-hydrogen) atoms. The third-order valence-corrected chi connectivity index (χ3v) is 5.32. The van der Waals surface area contributed by atoms with Crippen molar-refractivity contribution in [3.05, 3.63) is 30.3 Å². The van der Waals surface area contributed by atoms with Crippen LogP contribution in [0.2, 0.25) is 0 Å². The highest BCUT2D eigenvalue weighted by Gasteiger charge is 2.52. The molecule has 1 aromatic carbocycles. The van der Waals surface area contributed by atoms with Gasteiger partial charge >= 0.3 is 0 Å². The van der Waals surface area contributed by atoms with E-state index in [1.54, 1.807) is 6.07 Å². The number of nitrogens with zero attached hydrogens (tertiary/aromatic N) is 2. The number of anilines is 1. The van der Waals surface area contributed by atoms with Crippen LogP contribution in [0.15, 0.2) is 30.3 Å². The normalized spacial score (nSPS) is 19.2. The van der Waals surface area contributed by atoms with E-state index in [-0.39, 0.29) is 5.54 Å². The summed E-state index contributed by atoms with van der Waals surface area (Å²) in [5.74, 6) is 1.04. The van der Waals surface area contributed by atoms with Crippen molar-refractivity contribution in [3.8, 4) is 6.07 Å². The van der Waals surface area contributed by atoms with Crippen LogP contribution in [0.1, 0.15) is 53.4 Å². The molecule has 1 saturated carbocycles. The third-order valence-electron chi connectivity index (χ3n) is 5.32. The molecule has 1 aliphatic carbocycles. The minimum Gasteiger partial charge on any atom is -0.371 e. The van der Waals surface area contributed by atoms with Gasteiger partial charge in [-0.2, -0.15) is 5.26 Å². The molecule has 1 aliphatic heterocycles. The van der Waals surface area contributed by atoms with Gasteiger partial charge in [0.15, 0.2) is 0 Å². The number of carbonyl (C=O) groups excluding carboxylic acids is 1. The Morgan fingerprint density at radius 1 is 1.20 bits per heavy atom. The highest BCUT2D eigenvalue weighted by atomic mass is 16.2. The molecule has 4 heteroatoms. The summed E-state index contributed by atoms with van der Waals surface area (Å²) in [6.45, 7) is 10.2. The predicted octanol–water partition coefficient (Wildman–Crippen LogP) is 4.45. The van der Waals surface area contributed by atoms with E-state index in [0.717, 1.165) is 50.4 Å². The number of carbonyl (C=O) groups is 1. The molecule has 4 nitrogen and oxygen atoms in total. The Morgan fingerprint density at radius 2 is 1.72 bits per heavy atom. The Kier molecular flexibility index (Phi) is 6.11. The first-order chi connectivity index (χ1) is 11.8. The molecule has 2 fully saturated rings. The number of likely N-dealkylation sites (tertiary alicyclic amines) is 1. The van der Waals surface area contributed by atoms with Gasteiger partial charge in [0, 0.05) is 25.7 Å². The zero-order valence-corrected chi connectivity index (χ0v) is 16.0. The molecule has 1 aromatic rings. The molecule has 0 unspecified atom stereocenters. The molecule has 0 radical (unpaired) electrons. The van der Waals surface area contributed by atoms with Gasteiger partial charge in [-0.15, -0.1) is 0 Å². The van der Waals surface area contributed by atoms with Crippen LogP contribution in [-0.2, 0) is 4.79 Å². The minimum absolute atomic E-state index is 0.309. The van der Waals surface area contributed by atoms with Gasteiger partial charge < -0.3 is 10.2 Å². The largest absolute Gasteiger partial charge is 0.371 e. The fourth-order valence-corrected chi connectivity index (χ4v) is 3.57. The number of amides is 1. The lowest BCUT2D eigenvalue weighted by Gasteiger charge is -2.40. The van der Waals surface area contributed by atoms with Crippen LogP contribution in [-0.4, -0.2) is 29.4 Å². The molecule has 1 amide bonds. The summed E-state index contributed by atoms with van der Waals surface area (Å²) in [6.07, 6.45) is 4.19. The Balaban J connectivity index is 0.000000701. The molecule has 3 rings (SSSR count). The average molecular weight is 341 g/mol. The molecule has 0 aromatic heterocycles. The highest BCUT2D eigenvalue weighted by Crippen LogP contribution is 2.42. The van der Waals surface area contributed by atoms with E-state index >= 15 is 0 Å². The quantitative estimate of drug-likeness (QED) is 0.884. The number of hydrogen-bond donors (Lipinski definition) is 1. The van der Waals surface area contributed by atoms with Crippen LogP contribution in [0.5, 0.6) is 0 Å². The van der Waals surface area contributed by atoms with E-state index in [2.05, 4.69) is 31.0 Å². The number of benzene rings is 1. The second-order valence-corrected chi connectivity index (χ2v) is 8.23. The second kappa shape index (κ2) is 7.91. The summed E-state index contributed by atoms with van der Waals surface area (Å²) in [5, 5.41) is 10.8. The first kappa shape index (κ1) is 19.3. The molecular weight excluding hydrogens is 310 g/mol. The number of hydrogen-bond acceptors (Lipinski definition) is 3. The van der Waals surface area contributed by atoms with E-state index < -0.39 is 0 Å². The fraction of sp³-hybridized carbons (Fsp3) is 0.619. The van der Waals surface area contributed by atoms with Crippen molar-refractivity contribution >= 4 is 11.6 Å². The lowest BCUT2D eigenvalue weighted by molar-refractivity contribution is -0.134. The minimum atomic E-state index is -0.323. The van der Waals surface area contributed by atoms with Crippen molar-refractivity contribution in [1.82, 2.24) is 4.90 Å². The van der Waals surface area contributed by atoms with Crippen molar-refractivity contribution < 1.29 is 4.79 Å². The van der Waals surface area contributed by atoms with Crippen LogP contribution < -0.4 is 5.32 Å². The SMILES string of the molecule is CC#N.CC(C)(C)C1CCN(C(=O)C2(Nc3ccccc3)CC2)CC1. The number of rotatable bonds is 3. The fourth-order valence-electron chi connectivity index (χ4n) is 3.57. The standard InChI is InChI=1S/C19H28N2O.C2H3N/c1-18(2,3)15-9-13-21(14-10-15)17(22)19(11-12-19)20-16-7-5-4-6-8-16;1-2-3/h4-8,15,20H,9-14H2,1-3H3;1H3.